The van der Waals surface area contributed by atoms with Crippen molar-refractivity contribution in [3.63, 3.8) is 0 Å². The van der Waals surface area contributed by atoms with Crippen molar-refractivity contribution in [2.75, 3.05) is 34.2 Å². The lowest BCUT2D eigenvalue weighted by molar-refractivity contribution is -0.385. The van der Waals surface area contributed by atoms with Gasteiger partial charge in [0.2, 0.25) is 0 Å². The van der Waals surface area contributed by atoms with Crippen LogP contribution in [0.5, 0.6) is 11.5 Å². The summed E-state index contributed by atoms with van der Waals surface area (Å²) in [4.78, 5) is 33.3. The van der Waals surface area contributed by atoms with Gasteiger partial charge in [-0.2, -0.15) is 0 Å². The number of nitrogens with zero attached hydrogens (tertiary/aromatic N) is 1. The van der Waals surface area contributed by atoms with Crippen LogP contribution in [0.1, 0.15) is 25.3 Å². The van der Waals surface area contributed by atoms with Crippen LogP contribution in [0.4, 0.5) is 5.69 Å². The van der Waals surface area contributed by atoms with Gasteiger partial charge in [-0.15, -0.1) is 0 Å². The molecule has 0 atom stereocenters. The number of nitro benzene ring substituents is 1. The van der Waals surface area contributed by atoms with E-state index in [1.165, 1.54) is 33.3 Å². The lowest BCUT2D eigenvalue weighted by atomic mass is 10.1. The molecule has 0 heterocycles. The van der Waals surface area contributed by atoms with Crippen molar-refractivity contribution in [1.82, 2.24) is 0 Å². The highest BCUT2D eigenvalue weighted by atomic mass is 16.7. The van der Waals surface area contributed by atoms with Gasteiger partial charge < -0.3 is 23.7 Å². The van der Waals surface area contributed by atoms with Gasteiger partial charge in [0.25, 0.3) is 5.69 Å². The van der Waals surface area contributed by atoms with E-state index in [0.717, 1.165) is 0 Å². The van der Waals surface area contributed by atoms with E-state index in [1.54, 1.807) is 0 Å². The quantitative estimate of drug-likeness (QED) is 0.120. The molecule has 0 spiro atoms. The molecule has 29 heavy (non-hydrogen) atoms. The van der Waals surface area contributed by atoms with E-state index >= 15 is 0 Å². The minimum Gasteiger partial charge on any atom is -0.493 e. The Balaban J connectivity index is 2.69. The molecular weight excluding hydrogens is 386 g/mol. The third kappa shape index (κ3) is 8.18. The molecule has 0 aliphatic rings. The molecule has 1 rings (SSSR count). The Bertz CT molecular complexity index is 745. The summed E-state index contributed by atoms with van der Waals surface area (Å²) in [6.45, 7) is 4.84. The molecule has 0 saturated heterocycles. The highest BCUT2D eigenvalue weighted by molar-refractivity contribution is 5.86. The van der Waals surface area contributed by atoms with Crippen molar-refractivity contribution in [1.29, 1.82) is 0 Å². The molecule has 0 fully saturated rings. The van der Waals surface area contributed by atoms with Gasteiger partial charge >= 0.3 is 11.9 Å². The fraction of sp³-hybridized carbons (Fsp3) is 0.474. The Labute approximate surface area is 168 Å². The average Bonchev–Trinajstić information content (AvgIpc) is 2.69. The largest absolute Gasteiger partial charge is 0.493 e. The van der Waals surface area contributed by atoms with Gasteiger partial charge in [-0.3, -0.25) is 14.9 Å². The van der Waals surface area contributed by atoms with E-state index in [2.05, 4.69) is 11.3 Å². The third-order valence-electron chi connectivity index (χ3n) is 3.72. The van der Waals surface area contributed by atoms with Gasteiger partial charge in [0.1, 0.15) is 6.61 Å². The van der Waals surface area contributed by atoms with Crippen molar-refractivity contribution < 1.29 is 38.2 Å². The molecule has 1 aromatic rings. The van der Waals surface area contributed by atoms with Crippen LogP contribution < -0.4 is 9.47 Å². The second-order valence-electron chi connectivity index (χ2n) is 5.91. The molecule has 0 aromatic heterocycles. The zero-order valence-electron chi connectivity index (χ0n) is 16.7. The Morgan fingerprint density at radius 1 is 1.17 bits per heavy atom. The number of ether oxygens (including phenoxy) is 5. The summed E-state index contributed by atoms with van der Waals surface area (Å²) in [6.07, 6.45) is 0.856. The van der Waals surface area contributed by atoms with Crippen molar-refractivity contribution in [2.45, 2.75) is 26.2 Å². The highest BCUT2D eigenvalue weighted by Crippen LogP contribution is 2.35. The first kappa shape index (κ1) is 23.9. The minimum absolute atomic E-state index is 0.0554. The van der Waals surface area contributed by atoms with E-state index in [1.807, 2.05) is 0 Å². The van der Waals surface area contributed by atoms with Crippen LogP contribution in [-0.4, -0.2) is 51.1 Å². The van der Waals surface area contributed by atoms with Crippen LogP contribution >= 0.6 is 0 Å². The molecule has 0 aliphatic carbocycles. The van der Waals surface area contributed by atoms with Gasteiger partial charge in [-0.25, -0.2) is 4.79 Å². The van der Waals surface area contributed by atoms with E-state index in [-0.39, 0.29) is 49.4 Å². The predicted octanol–water partition coefficient (Wildman–Crippen LogP) is 2.57. The lowest BCUT2D eigenvalue weighted by Gasteiger charge is -2.13. The fourth-order valence-corrected chi connectivity index (χ4v) is 2.25. The number of carbonyl (C=O) groups excluding carboxylic acids is 2. The molecule has 10 nitrogen and oxygen atoms in total. The van der Waals surface area contributed by atoms with Gasteiger partial charge in [0.05, 0.1) is 31.8 Å². The number of aryl methyl sites for hydroxylation is 1. The number of nitro groups is 1. The summed E-state index contributed by atoms with van der Waals surface area (Å²) in [5, 5.41) is 11.4. The molecule has 0 bridgehead atoms. The molecule has 0 radical (unpaired) electrons. The van der Waals surface area contributed by atoms with Crippen LogP contribution in [0.25, 0.3) is 0 Å². The predicted molar refractivity (Wildman–Crippen MR) is 102 cm³/mol. The van der Waals surface area contributed by atoms with E-state index in [4.69, 9.17) is 18.9 Å². The van der Waals surface area contributed by atoms with Crippen molar-refractivity contribution in [3.05, 3.63) is 40.0 Å². The summed E-state index contributed by atoms with van der Waals surface area (Å²) in [6, 6.07) is 2.79. The third-order valence-corrected chi connectivity index (χ3v) is 3.72. The van der Waals surface area contributed by atoms with Crippen molar-refractivity contribution in [3.8, 4) is 11.5 Å². The van der Waals surface area contributed by atoms with E-state index in [0.29, 0.717) is 24.2 Å². The summed E-state index contributed by atoms with van der Waals surface area (Å²) in [5.41, 5.74) is 0.543. The Morgan fingerprint density at radius 2 is 1.90 bits per heavy atom. The summed E-state index contributed by atoms with van der Waals surface area (Å²) >= 11 is 0. The standard InChI is InChI=1S/C19H25NO9/c1-13(2)19(22)29-12-27-8-9-28-17-11-15(20(23)24)14(10-16(17)25-3)6-5-7-18(21)26-4/h10-11H,1,5-9,12H2,2-4H3. The molecule has 0 saturated carbocycles. The van der Waals surface area contributed by atoms with E-state index in [9.17, 15) is 19.7 Å². The maximum absolute atomic E-state index is 11.4. The van der Waals surface area contributed by atoms with Crippen LogP contribution in [0, 0.1) is 10.1 Å². The first-order chi connectivity index (χ1) is 13.8. The van der Waals surface area contributed by atoms with Crippen LogP contribution in [0.3, 0.4) is 0 Å². The van der Waals surface area contributed by atoms with Gasteiger partial charge in [-0.05, 0) is 25.8 Å². The molecular formula is C19H25NO9. The highest BCUT2D eigenvalue weighted by Gasteiger charge is 2.20. The Kier molecular flexibility index (Phi) is 10.2. The van der Waals surface area contributed by atoms with Crippen LogP contribution in [0.15, 0.2) is 24.3 Å². The second kappa shape index (κ2) is 12.3. The molecule has 0 aliphatic heterocycles. The van der Waals surface area contributed by atoms with Crippen LogP contribution in [-0.2, 0) is 30.2 Å². The van der Waals surface area contributed by atoms with Crippen molar-refractivity contribution in [2.24, 2.45) is 0 Å². The zero-order valence-corrected chi connectivity index (χ0v) is 16.7. The number of hydrogen-bond acceptors (Lipinski definition) is 9. The minimum atomic E-state index is -0.564. The molecule has 0 N–H and O–H groups in total. The number of benzene rings is 1. The van der Waals surface area contributed by atoms with Crippen molar-refractivity contribution >= 4 is 17.6 Å². The molecule has 0 unspecified atom stereocenters. The molecule has 0 amide bonds. The number of carbonyl (C=O) groups is 2. The molecule has 1 aromatic carbocycles. The maximum atomic E-state index is 11.4. The van der Waals surface area contributed by atoms with Gasteiger partial charge in [0.15, 0.2) is 18.3 Å². The number of methoxy groups -OCH3 is 2. The number of rotatable bonds is 13. The van der Waals surface area contributed by atoms with Gasteiger partial charge in [0, 0.05) is 17.6 Å². The monoisotopic (exact) mass is 411 g/mol. The average molecular weight is 411 g/mol. The normalized spacial score (nSPS) is 10.2. The first-order valence-electron chi connectivity index (χ1n) is 8.75. The Hall–Kier alpha value is -3.14. The SMILES string of the molecule is C=C(C)C(=O)OCOCCOc1cc([N+](=O)[O-])c(CCCC(=O)OC)cc1OC. The molecule has 160 valence electrons. The van der Waals surface area contributed by atoms with Gasteiger partial charge in [-0.1, -0.05) is 6.58 Å². The lowest BCUT2D eigenvalue weighted by Crippen LogP contribution is -2.13. The summed E-state index contributed by atoms with van der Waals surface area (Å²) in [7, 11) is 2.70. The fourth-order valence-electron chi connectivity index (χ4n) is 2.25. The first-order valence-corrected chi connectivity index (χ1v) is 8.75. The number of hydrogen-bond donors (Lipinski definition) is 0. The summed E-state index contributed by atoms with van der Waals surface area (Å²) in [5.74, 6) is -0.449. The van der Waals surface area contributed by atoms with E-state index < -0.39 is 10.9 Å². The topological polar surface area (TPSA) is 123 Å². The van der Waals surface area contributed by atoms with Crippen LogP contribution in [0.2, 0.25) is 0 Å². The number of esters is 2. The summed E-state index contributed by atoms with van der Waals surface area (Å²) < 4.78 is 25.2. The molecule has 10 heteroatoms. The second-order valence-corrected chi connectivity index (χ2v) is 5.91. The smallest absolute Gasteiger partial charge is 0.335 e. The maximum Gasteiger partial charge on any atom is 0.335 e. The Morgan fingerprint density at radius 3 is 2.48 bits per heavy atom. The zero-order chi connectivity index (χ0) is 21.8.